The van der Waals surface area contributed by atoms with E-state index in [4.69, 9.17) is 9.47 Å². The molecule has 0 bridgehead atoms. The van der Waals surface area contributed by atoms with E-state index in [9.17, 15) is 9.59 Å². The molecule has 1 aliphatic carbocycles. The van der Waals surface area contributed by atoms with Crippen molar-refractivity contribution in [2.24, 2.45) is 5.92 Å². The Hall–Kier alpha value is -3.06. The number of rotatable bonds is 6. The van der Waals surface area contributed by atoms with Crippen LogP contribution in [0, 0.1) is 5.92 Å². The Labute approximate surface area is 200 Å². The second kappa shape index (κ2) is 10.1. The number of nitrogens with zero attached hydrogens (tertiary/aromatic N) is 1. The lowest BCUT2D eigenvalue weighted by Crippen LogP contribution is -2.43. The Kier molecular flexibility index (Phi) is 6.72. The molecule has 2 N–H and O–H groups in total. The number of hydrogen-bond donors (Lipinski definition) is 2. The molecule has 1 saturated heterocycles. The van der Waals surface area contributed by atoms with Gasteiger partial charge in [-0.25, -0.2) is 0 Å². The monoisotopic (exact) mass is 463 g/mol. The molecular weight excluding hydrogens is 430 g/mol. The number of carbonyl (C=O) groups is 2. The van der Waals surface area contributed by atoms with Gasteiger partial charge in [0, 0.05) is 17.7 Å². The number of ether oxygens (including phenoxy) is 2. The number of benzene rings is 2. The molecule has 34 heavy (non-hydrogen) atoms. The molecule has 0 unspecified atom stereocenters. The SMILES string of the molecule is C[C@@H](NC(=O)CN1CCC(C(=O)Nc2ccc3c(c2)OCO3)CC1)c1ccc2c(c1)CCCC2. The highest BCUT2D eigenvalue weighted by Gasteiger charge is 2.27. The lowest BCUT2D eigenvalue weighted by molar-refractivity contribution is -0.124. The first-order chi connectivity index (χ1) is 16.5. The van der Waals surface area contributed by atoms with Crippen LogP contribution in [0.2, 0.25) is 0 Å². The number of likely N-dealkylation sites (tertiary alicyclic amines) is 1. The Balaban J connectivity index is 1.07. The first-order valence-electron chi connectivity index (χ1n) is 12.4. The van der Waals surface area contributed by atoms with Crippen LogP contribution >= 0.6 is 0 Å². The smallest absolute Gasteiger partial charge is 0.234 e. The maximum absolute atomic E-state index is 12.7. The summed E-state index contributed by atoms with van der Waals surface area (Å²) in [6.07, 6.45) is 6.31. The summed E-state index contributed by atoms with van der Waals surface area (Å²) >= 11 is 0. The quantitative estimate of drug-likeness (QED) is 0.681. The Morgan fingerprint density at radius 2 is 1.76 bits per heavy atom. The van der Waals surface area contributed by atoms with Crippen LogP contribution in [0.1, 0.15) is 55.3 Å². The predicted molar refractivity (Wildman–Crippen MR) is 130 cm³/mol. The molecule has 7 heteroatoms. The lowest BCUT2D eigenvalue weighted by atomic mass is 9.89. The molecule has 1 atom stereocenters. The van der Waals surface area contributed by atoms with E-state index >= 15 is 0 Å². The van der Waals surface area contributed by atoms with Gasteiger partial charge < -0.3 is 20.1 Å². The van der Waals surface area contributed by atoms with Crippen LogP contribution in [0.15, 0.2) is 36.4 Å². The van der Waals surface area contributed by atoms with E-state index < -0.39 is 0 Å². The van der Waals surface area contributed by atoms with Gasteiger partial charge in [0.1, 0.15) is 0 Å². The fraction of sp³-hybridized carbons (Fsp3) is 0.481. The summed E-state index contributed by atoms with van der Waals surface area (Å²) in [6, 6.07) is 12.1. The van der Waals surface area contributed by atoms with Gasteiger partial charge in [0.2, 0.25) is 18.6 Å². The van der Waals surface area contributed by atoms with Crippen LogP contribution in [-0.4, -0.2) is 43.1 Å². The van der Waals surface area contributed by atoms with E-state index in [1.54, 1.807) is 6.07 Å². The molecule has 0 saturated carbocycles. The third kappa shape index (κ3) is 5.20. The van der Waals surface area contributed by atoms with Gasteiger partial charge in [-0.05, 0) is 87.4 Å². The van der Waals surface area contributed by atoms with Crippen LogP contribution in [0.25, 0.3) is 0 Å². The Morgan fingerprint density at radius 3 is 2.59 bits per heavy atom. The number of anilines is 1. The molecule has 2 aromatic rings. The highest BCUT2D eigenvalue weighted by atomic mass is 16.7. The molecule has 2 aromatic carbocycles. The summed E-state index contributed by atoms with van der Waals surface area (Å²) in [5.74, 6) is 1.35. The molecule has 2 amide bonds. The number of hydrogen-bond acceptors (Lipinski definition) is 5. The van der Waals surface area contributed by atoms with Gasteiger partial charge >= 0.3 is 0 Å². The van der Waals surface area contributed by atoms with Gasteiger partial charge in [0.25, 0.3) is 0 Å². The zero-order chi connectivity index (χ0) is 23.5. The fourth-order valence-electron chi connectivity index (χ4n) is 5.17. The van der Waals surface area contributed by atoms with Crippen LogP contribution in [-0.2, 0) is 22.4 Å². The number of nitrogens with one attached hydrogen (secondary N) is 2. The second-order valence-electron chi connectivity index (χ2n) is 9.63. The van der Waals surface area contributed by atoms with Gasteiger partial charge in [-0.1, -0.05) is 18.2 Å². The first kappa shape index (κ1) is 22.7. The minimum Gasteiger partial charge on any atom is -0.454 e. The summed E-state index contributed by atoms with van der Waals surface area (Å²) in [5, 5.41) is 6.15. The molecule has 0 radical (unpaired) electrons. The summed E-state index contributed by atoms with van der Waals surface area (Å²) in [5.41, 5.74) is 4.78. The maximum atomic E-state index is 12.7. The van der Waals surface area contributed by atoms with Crippen molar-refractivity contribution in [3.63, 3.8) is 0 Å². The van der Waals surface area contributed by atoms with E-state index in [-0.39, 0.29) is 30.6 Å². The Morgan fingerprint density at radius 1 is 1.00 bits per heavy atom. The number of aryl methyl sites for hydroxylation is 2. The largest absolute Gasteiger partial charge is 0.454 e. The molecular formula is C27H33N3O4. The third-order valence-corrected chi connectivity index (χ3v) is 7.22. The van der Waals surface area contributed by atoms with Crippen LogP contribution in [0.5, 0.6) is 11.5 Å². The third-order valence-electron chi connectivity index (χ3n) is 7.22. The molecule has 0 spiro atoms. The molecule has 2 aliphatic heterocycles. The molecule has 7 nitrogen and oxygen atoms in total. The molecule has 0 aromatic heterocycles. The summed E-state index contributed by atoms with van der Waals surface area (Å²) in [6.45, 7) is 4.10. The van der Waals surface area contributed by atoms with Crippen molar-refractivity contribution in [2.75, 3.05) is 31.7 Å². The number of amides is 2. The van der Waals surface area contributed by atoms with Crippen LogP contribution in [0.4, 0.5) is 5.69 Å². The fourth-order valence-corrected chi connectivity index (χ4v) is 5.17. The highest BCUT2D eigenvalue weighted by molar-refractivity contribution is 5.93. The van der Waals surface area contributed by atoms with Crippen molar-refractivity contribution < 1.29 is 19.1 Å². The lowest BCUT2D eigenvalue weighted by Gasteiger charge is -2.31. The minimum atomic E-state index is -0.0563. The summed E-state index contributed by atoms with van der Waals surface area (Å²) < 4.78 is 10.7. The molecule has 180 valence electrons. The van der Waals surface area contributed by atoms with Gasteiger partial charge in [-0.2, -0.15) is 0 Å². The normalized spacial score (nSPS) is 18.7. The number of piperidine rings is 1. The van der Waals surface area contributed by atoms with Gasteiger partial charge in [0.05, 0.1) is 12.6 Å². The average Bonchev–Trinajstić information content (AvgIpc) is 3.32. The van der Waals surface area contributed by atoms with E-state index in [1.165, 1.54) is 36.0 Å². The molecule has 3 aliphatic rings. The van der Waals surface area contributed by atoms with Crippen molar-refractivity contribution >= 4 is 17.5 Å². The molecule has 5 rings (SSSR count). The first-order valence-corrected chi connectivity index (χ1v) is 12.4. The van der Waals surface area contributed by atoms with Crippen LogP contribution < -0.4 is 20.1 Å². The Bertz CT molecular complexity index is 1060. The van der Waals surface area contributed by atoms with E-state index in [1.807, 2.05) is 12.1 Å². The average molecular weight is 464 g/mol. The van der Waals surface area contributed by atoms with Crippen molar-refractivity contribution in [2.45, 2.75) is 51.5 Å². The van der Waals surface area contributed by atoms with Gasteiger partial charge in [-0.15, -0.1) is 0 Å². The van der Waals surface area contributed by atoms with Gasteiger partial charge in [0.15, 0.2) is 11.5 Å². The predicted octanol–water partition coefficient (Wildman–Crippen LogP) is 3.82. The molecule has 2 heterocycles. The van der Waals surface area contributed by atoms with Crippen molar-refractivity contribution in [3.8, 4) is 11.5 Å². The van der Waals surface area contributed by atoms with Gasteiger partial charge in [-0.3, -0.25) is 14.5 Å². The number of fused-ring (bicyclic) bond motifs is 2. The van der Waals surface area contributed by atoms with E-state index in [0.29, 0.717) is 23.7 Å². The topological polar surface area (TPSA) is 79.9 Å². The number of carbonyl (C=O) groups excluding carboxylic acids is 2. The highest BCUT2D eigenvalue weighted by Crippen LogP contribution is 2.34. The minimum absolute atomic E-state index is 0.00950. The maximum Gasteiger partial charge on any atom is 0.234 e. The van der Waals surface area contributed by atoms with Crippen LogP contribution in [0.3, 0.4) is 0 Å². The summed E-state index contributed by atoms with van der Waals surface area (Å²) in [7, 11) is 0. The zero-order valence-corrected chi connectivity index (χ0v) is 19.8. The zero-order valence-electron chi connectivity index (χ0n) is 19.8. The van der Waals surface area contributed by atoms with E-state index in [2.05, 4.69) is 40.7 Å². The summed E-state index contributed by atoms with van der Waals surface area (Å²) in [4.78, 5) is 27.5. The molecule has 1 fully saturated rings. The standard InChI is InChI=1S/C27H33N3O4/c1-18(21-7-6-19-4-2-3-5-22(19)14-21)28-26(31)16-30-12-10-20(11-13-30)27(32)29-23-8-9-24-25(15-23)34-17-33-24/h6-9,14-15,18,20H,2-5,10-13,16-17H2,1H3,(H,28,31)(H,29,32)/t18-/m1/s1. The van der Waals surface area contributed by atoms with Crippen molar-refractivity contribution in [1.29, 1.82) is 0 Å². The van der Waals surface area contributed by atoms with Crippen molar-refractivity contribution in [1.82, 2.24) is 10.2 Å². The van der Waals surface area contributed by atoms with Crippen molar-refractivity contribution in [3.05, 3.63) is 53.1 Å². The van der Waals surface area contributed by atoms with E-state index in [0.717, 1.165) is 32.4 Å². The second-order valence-corrected chi connectivity index (χ2v) is 9.63.